The van der Waals surface area contributed by atoms with E-state index in [4.69, 9.17) is 4.74 Å². The molecule has 1 heterocycles. The summed E-state index contributed by atoms with van der Waals surface area (Å²) in [4.78, 5) is 6.58. The molecule has 0 N–H and O–H groups in total. The summed E-state index contributed by atoms with van der Waals surface area (Å²) in [5.74, 6) is 0. The first-order chi connectivity index (χ1) is 9.36. The van der Waals surface area contributed by atoms with Gasteiger partial charge in [0.25, 0.3) is 0 Å². The minimum Gasteiger partial charge on any atom is -0.379 e. The van der Waals surface area contributed by atoms with Crippen LogP contribution < -0.4 is 0 Å². The molecule has 4 nitrogen and oxygen atoms in total. The molecule has 104 valence electrons. The van der Waals surface area contributed by atoms with Crippen LogP contribution in [0.4, 0.5) is 0 Å². The maximum Gasteiger partial charge on any atom is 0.114 e. The van der Waals surface area contributed by atoms with Crippen LogP contribution in [-0.2, 0) is 16.0 Å². The summed E-state index contributed by atoms with van der Waals surface area (Å²) < 4.78 is 5.31. The van der Waals surface area contributed by atoms with Gasteiger partial charge in [-0.05, 0) is 12.0 Å². The van der Waals surface area contributed by atoms with E-state index in [9.17, 15) is 0 Å². The maximum absolute atomic E-state index is 5.31. The summed E-state index contributed by atoms with van der Waals surface area (Å²) in [6, 6.07) is 10.7. The number of oxime groups is 1. The van der Waals surface area contributed by atoms with Gasteiger partial charge in [-0.1, -0.05) is 42.1 Å². The highest BCUT2D eigenvalue weighted by Crippen LogP contribution is 2.03. The lowest BCUT2D eigenvalue weighted by Crippen LogP contribution is -2.37. The molecule has 1 aromatic rings. The molecular formula is C15H22N2O2. The van der Waals surface area contributed by atoms with Crippen LogP contribution in [0.15, 0.2) is 48.3 Å². The molecule has 0 radical (unpaired) electrons. The summed E-state index contributed by atoms with van der Waals surface area (Å²) in [6.45, 7) is 11.3. The first kappa shape index (κ1) is 15.4. The molecular weight excluding hydrogens is 240 g/mol. The van der Waals surface area contributed by atoms with Gasteiger partial charge in [-0.3, -0.25) is 4.90 Å². The molecule has 1 aliphatic rings. The van der Waals surface area contributed by atoms with E-state index >= 15 is 0 Å². The van der Waals surface area contributed by atoms with Crippen LogP contribution in [0.1, 0.15) is 5.56 Å². The maximum atomic E-state index is 5.31. The van der Waals surface area contributed by atoms with E-state index in [0.29, 0.717) is 0 Å². The number of nitrogens with zero attached hydrogens (tertiary/aromatic N) is 2. The molecule has 0 spiro atoms. The minimum atomic E-state index is 0.898. The molecule has 1 aliphatic heterocycles. The Morgan fingerprint density at radius 2 is 1.95 bits per heavy atom. The highest BCUT2D eigenvalue weighted by atomic mass is 16.6. The van der Waals surface area contributed by atoms with Gasteiger partial charge in [0.05, 0.1) is 13.2 Å². The molecule has 0 atom stereocenters. The lowest BCUT2D eigenvalue weighted by Gasteiger charge is -2.26. The lowest BCUT2D eigenvalue weighted by atomic mass is 10.1. The molecule has 0 saturated carbocycles. The fraction of sp³-hybridized carbons (Fsp3) is 0.400. The summed E-state index contributed by atoms with van der Waals surface area (Å²) in [7, 11) is 0. The van der Waals surface area contributed by atoms with Gasteiger partial charge in [0, 0.05) is 26.4 Å². The largest absolute Gasteiger partial charge is 0.379 e. The average Bonchev–Trinajstić information content (AvgIpc) is 2.49. The van der Waals surface area contributed by atoms with Gasteiger partial charge in [0.2, 0.25) is 0 Å². The van der Waals surface area contributed by atoms with Gasteiger partial charge in [0.15, 0.2) is 0 Å². The van der Waals surface area contributed by atoms with Crippen molar-refractivity contribution in [2.75, 3.05) is 32.8 Å². The molecule has 0 bridgehead atoms. The zero-order chi connectivity index (χ0) is 13.8. The van der Waals surface area contributed by atoms with Crippen molar-refractivity contribution in [1.29, 1.82) is 0 Å². The van der Waals surface area contributed by atoms with Crippen molar-refractivity contribution in [3.05, 3.63) is 48.7 Å². The van der Waals surface area contributed by atoms with Crippen LogP contribution >= 0.6 is 0 Å². The summed E-state index contributed by atoms with van der Waals surface area (Å²) in [5.41, 5.74) is 1.43. The third-order valence-corrected chi connectivity index (χ3v) is 2.81. The Balaban J connectivity index is 0.000000312. The molecule has 19 heavy (non-hydrogen) atoms. The molecule has 0 amide bonds. The molecule has 1 fully saturated rings. The van der Waals surface area contributed by atoms with Gasteiger partial charge in [-0.15, -0.1) is 0 Å². The highest BCUT2D eigenvalue weighted by molar-refractivity contribution is 5.21. The fourth-order valence-electron chi connectivity index (χ4n) is 1.81. The van der Waals surface area contributed by atoms with Crippen molar-refractivity contribution < 1.29 is 9.57 Å². The molecule has 0 aliphatic carbocycles. The predicted octanol–water partition coefficient (Wildman–Crippen LogP) is 2.32. The van der Waals surface area contributed by atoms with E-state index in [0.717, 1.165) is 39.3 Å². The Hall–Kier alpha value is -1.65. The zero-order valence-corrected chi connectivity index (χ0v) is 11.3. The van der Waals surface area contributed by atoms with Gasteiger partial charge in [-0.2, -0.15) is 0 Å². The number of hydrogen-bond acceptors (Lipinski definition) is 4. The van der Waals surface area contributed by atoms with E-state index in [1.54, 1.807) is 0 Å². The number of ether oxygens (including phenoxy) is 1. The molecule has 1 aromatic carbocycles. The molecule has 2 rings (SSSR count). The van der Waals surface area contributed by atoms with E-state index < -0.39 is 0 Å². The number of hydrogen-bond donors (Lipinski definition) is 0. The minimum absolute atomic E-state index is 0.898. The van der Waals surface area contributed by atoms with Crippen LogP contribution in [0, 0.1) is 0 Å². The van der Waals surface area contributed by atoms with Crippen molar-refractivity contribution in [2.45, 2.75) is 6.42 Å². The van der Waals surface area contributed by atoms with E-state index in [-0.39, 0.29) is 0 Å². The second-order valence-corrected chi connectivity index (χ2v) is 4.09. The van der Waals surface area contributed by atoms with Crippen molar-refractivity contribution in [1.82, 2.24) is 4.90 Å². The van der Waals surface area contributed by atoms with E-state index in [2.05, 4.69) is 58.5 Å². The van der Waals surface area contributed by atoms with E-state index in [1.165, 1.54) is 11.8 Å². The van der Waals surface area contributed by atoms with E-state index in [1.807, 2.05) is 0 Å². The molecule has 4 heteroatoms. The Bertz CT molecular complexity index is 342. The number of morpholine rings is 1. The SMILES string of the molecule is C=CON=C.c1ccc(CCN2CCOCC2)cc1. The summed E-state index contributed by atoms with van der Waals surface area (Å²) in [5, 5.41) is 2.99. The Morgan fingerprint density at radius 1 is 1.26 bits per heavy atom. The average molecular weight is 262 g/mol. The molecule has 0 aromatic heterocycles. The highest BCUT2D eigenvalue weighted by Gasteiger charge is 2.09. The smallest absolute Gasteiger partial charge is 0.114 e. The second-order valence-electron chi connectivity index (χ2n) is 4.09. The number of rotatable bonds is 5. The Kier molecular flexibility index (Phi) is 8.34. The topological polar surface area (TPSA) is 34.1 Å². The standard InChI is InChI=1S/C12H17NO.C3H5NO/c1-2-4-12(5-3-1)6-7-13-8-10-14-11-9-13;1-3-5-4-2/h1-5H,6-11H2;3H,1-2H2. The Labute approximate surface area is 115 Å². The van der Waals surface area contributed by atoms with Crippen LogP contribution in [0.3, 0.4) is 0 Å². The van der Waals surface area contributed by atoms with Crippen LogP contribution in [-0.4, -0.2) is 44.5 Å². The predicted molar refractivity (Wildman–Crippen MR) is 78.2 cm³/mol. The molecule has 1 saturated heterocycles. The summed E-state index contributed by atoms with van der Waals surface area (Å²) in [6.07, 6.45) is 2.36. The monoisotopic (exact) mass is 262 g/mol. The third kappa shape index (κ3) is 7.39. The molecule has 0 unspecified atom stereocenters. The first-order valence-electron chi connectivity index (χ1n) is 6.43. The van der Waals surface area contributed by atoms with Gasteiger partial charge >= 0.3 is 0 Å². The van der Waals surface area contributed by atoms with Gasteiger partial charge in [0.1, 0.15) is 6.26 Å². The van der Waals surface area contributed by atoms with Crippen molar-refractivity contribution >= 4 is 6.72 Å². The van der Waals surface area contributed by atoms with Gasteiger partial charge in [-0.25, -0.2) is 0 Å². The quantitative estimate of drug-likeness (QED) is 0.464. The second kappa shape index (κ2) is 10.3. The first-order valence-corrected chi connectivity index (χ1v) is 6.43. The van der Waals surface area contributed by atoms with Crippen molar-refractivity contribution in [3.63, 3.8) is 0 Å². The lowest BCUT2D eigenvalue weighted by molar-refractivity contribution is 0.0384. The Morgan fingerprint density at radius 3 is 2.47 bits per heavy atom. The van der Waals surface area contributed by atoms with Crippen molar-refractivity contribution in [2.24, 2.45) is 5.16 Å². The summed E-state index contributed by atoms with van der Waals surface area (Å²) >= 11 is 0. The third-order valence-electron chi connectivity index (χ3n) is 2.81. The fourth-order valence-corrected chi connectivity index (χ4v) is 1.81. The zero-order valence-electron chi connectivity index (χ0n) is 11.3. The number of benzene rings is 1. The normalized spacial score (nSPS) is 14.9. The van der Waals surface area contributed by atoms with Crippen LogP contribution in [0.5, 0.6) is 0 Å². The van der Waals surface area contributed by atoms with Crippen LogP contribution in [0.25, 0.3) is 0 Å². The van der Waals surface area contributed by atoms with Gasteiger partial charge < -0.3 is 9.57 Å². The van der Waals surface area contributed by atoms with Crippen LogP contribution in [0.2, 0.25) is 0 Å². The van der Waals surface area contributed by atoms with Crippen molar-refractivity contribution in [3.8, 4) is 0 Å².